The predicted octanol–water partition coefficient (Wildman–Crippen LogP) is 2.72. The molecule has 1 N–H and O–H groups in total. The summed E-state index contributed by atoms with van der Waals surface area (Å²) in [4.78, 5) is 2.57. The summed E-state index contributed by atoms with van der Waals surface area (Å²) in [7, 11) is 0. The fourth-order valence-corrected chi connectivity index (χ4v) is 3.36. The largest absolute Gasteiger partial charge is 0.488 e. The zero-order chi connectivity index (χ0) is 13.9. The van der Waals surface area contributed by atoms with Crippen LogP contribution in [-0.4, -0.2) is 43.2 Å². The van der Waals surface area contributed by atoms with Gasteiger partial charge in [-0.25, -0.2) is 0 Å². The maximum absolute atomic E-state index is 6.01. The van der Waals surface area contributed by atoms with Crippen LogP contribution in [0, 0.1) is 0 Å². The predicted molar refractivity (Wildman–Crippen MR) is 82.7 cm³/mol. The number of benzene rings is 1. The molecular weight excluding hydrogens is 272 g/mol. The molecule has 2 aliphatic heterocycles. The Hall–Kier alpha value is -0.770. The van der Waals surface area contributed by atoms with Gasteiger partial charge in [0.1, 0.15) is 11.9 Å². The third kappa shape index (κ3) is 3.27. The van der Waals surface area contributed by atoms with E-state index in [1.807, 2.05) is 18.2 Å². The summed E-state index contributed by atoms with van der Waals surface area (Å²) in [5.74, 6) is 0.994. The van der Waals surface area contributed by atoms with Gasteiger partial charge in [-0.15, -0.1) is 0 Å². The molecule has 2 aliphatic rings. The van der Waals surface area contributed by atoms with Crippen LogP contribution in [0.2, 0.25) is 5.02 Å². The average molecular weight is 295 g/mol. The molecule has 4 heteroatoms. The molecule has 2 unspecified atom stereocenters. The molecule has 0 aromatic heterocycles. The molecule has 20 heavy (non-hydrogen) atoms. The first kappa shape index (κ1) is 14.2. The Balaban J connectivity index is 1.42. The lowest BCUT2D eigenvalue weighted by Gasteiger charge is -2.24. The van der Waals surface area contributed by atoms with Crippen molar-refractivity contribution in [2.45, 2.75) is 38.3 Å². The number of nitrogens with one attached hydrogen (secondary N) is 1. The lowest BCUT2D eigenvalue weighted by molar-refractivity contribution is 0.210. The van der Waals surface area contributed by atoms with Crippen molar-refractivity contribution in [3.05, 3.63) is 28.8 Å². The quantitative estimate of drug-likeness (QED) is 0.904. The number of hydrogen-bond donors (Lipinski definition) is 1. The molecule has 2 atom stereocenters. The van der Waals surface area contributed by atoms with Crippen LogP contribution in [0.5, 0.6) is 5.75 Å². The van der Waals surface area contributed by atoms with E-state index >= 15 is 0 Å². The second-order valence-corrected chi connectivity index (χ2v) is 6.38. The third-order valence-electron chi connectivity index (χ3n) is 4.34. The van der Waals surface area contributed by atoms with Gasteiger partial charge in [0.2, 0.25) is 0 Å². The maximum atomic E-state index is 6.01. The highest BCUT2D eigenvalue weighted by Crippen LogP contribution is 2.30. The van der Waals surface area contributed by atoms with Gasteiger partial charge in [0.15, 0.2) is 0 Å². The number of halogens is 1. The monoisotopic (exact) mass is 294 g/mol. The Morgan fingerprint density at radius 1 is 1.40 bits per heavy atom. The molecule has 1 aromatic carbocycles. The standard InChI is InChI=1S/C16H23ClN2O/c1-12(19-6-2-3-7-19)10-18-11-15-9-13-8-14(17)4-5-16(13)20-15/h4-5,8,12,15,18H,2-3,6-7,9-11H2,1H3. The molecule has 3 rings (SSSR count). The van der Waals surface area contributed by atoms with Crippen LogP contribution < -0.4 is 10.1 Å². The Bertz CT molecular complexity index is 460. The number of likely N-dealkylation sites (tertiary alicyclic amines) is 1. The third-order valence-corrected chi connectivity index (χ3v) is 4.57. The zero-order valence-electron chi connectivity index (χ0n) is 12.1. The molecule has 0 radical (unpaired) electrons. The van der Waals surface area contributed by atoms with Gasteiger partial charge in [-0.2, -0.15) is 0 Å². The lowest BCUT2D eigenvalue weighted by atomic mass is 10.1. The number of nitrogens with zero attached hydrogens (tertiary/aromatic N) is 1. The molecule has 1 saturated heterocycles. The smallest absolute Gasteiger partial charge is 0.123 e. The van der Waals surface area contributed by atoms with Crippen molar-refractivity contribution in [2.75, 3.05) is 26.2 Å². The SMILES string of the molecule is CC(CNCC1Cc2cc(Cl)ccc2O1)N1CCCC1. The van der Waals surface area contributed by atoms with Crippen LogP contribution in [0.15, 0.2) is 18.2 Å². The van der Waals surface area contributed by atoms with Crippen molar-refractivity contribution in [3.8, 4) is 5.75 Å². The first-order valence-electron chi connectivity index (χ1n) is 7.62. The van der Waals surface area contributed by atoms with E-state index in [-0.39, 0.29) is 6.10 Å². The molecule has 0 bridgehead atoms. The second kappa shape index (κ2) is 6.33. The van der Waals surface area contributed by atoms with E-state index < -0.39 is 0 Å². The van der Waals surface area contributed by atoms with Crippen molar-refractivity contribution in [2.24, 2.45) is 0 Å². The van der Waals surface area contributed by atoms with Crippen molar-refractivity contribution >= 4 is 11.6 Å². The second-order valence-electron chi connectivity index (χ2n) is 5.95. The summed E-state index contributed by atoms with van der Waals surface area (Å²) >= 11 is 6.01. The summed E-state index contributed by atoms with van der Waals surface area (Å²) in [6, 6.07) is 6.51. The van der Waals surface area contributed by atoms with Crippen LogP contribution in [-0.2, 0) is 6.42 Å². The highest BCUT2D eigenvalue weighted by molar-refractivity contribution is 6.30. The van der Waals surface area contributed by atoms with Gasteiger partial charge in [-0.1, -0.05) is 11.6 Å². The van der Waals surface area contributed by atoms with Crippen LogP contribution in [0.1, 0.15) is 25.3 Å². The summed E-state index contributed by atoms with van der Waals surface area (Å²) in [6.45, 7) is 6.77. The first-order chi connectivity index (χ1) is 9.72. The van der Waals surface area contributed by atoms with Gasteiger partial charge in [-0.3, -0.25) is 4.90 Å². The van der Waals surface area contributed by atoms with E-state index in [2.05, 4.69) is 17.1 Å². The number of rotatable bonds is 5. The minimum Gasteiger partial charge on any atom is -0.488 e. The first-order valence-corrected chi connectivity index (χ1v) is 8.00. The molecule has 3 nitrogen and oxygen atoms in total. The fourth-order valence-electron chi connectivity index (χ4n) is 3.17. The molecule has 2 heterocycles. The molecule has 0 spiro atoms. The average Bonchev–Trinajstić information content (AvgIpc) is 3.06. The summed E-state index contributed by atoms with van der Waals surface area (Å²) in [5, 5.41) is 4.35. The van der Waals surface area contributed by atoms with Crippen LogP contribution in [0.3, 0.4) is 0 Å². The van der Waals surface area contributed by atoms with E-state index in [1.54, 1.807) is 0 Å². The Morgan fingerprint density at radius 2 is 2.20 bits per heavy atom. The van der Waals surface area contributed by atoms with Gasteiger partial charge >= 0.3 is 0 Å². The minimum atomic E-state index is 0.245. The van der Waals surface area contributed by atoms with E-state index in [9.17, 15) is 0 Å². The number of hydrogen-bond acceptors (Lipinski definition) is 3. The van der Waals surface area contributed by atoms with Gasteiger partial charge in [0, 0.05) is 30.6 Å². The van der Waals surface area contributed by atoms with Crippen LogP contribution in [0.4, 0.5) is 0 Å². The van der Waals surface area contributed by atoms with E-state index in [1.165, 1.54) is 31.5 Å². The molecule has 110 valence electrons. The van der Waals surface area contributed by atoms with E-state index in [0.29, 0.717) is 6.04 Å². The van der Waals surface area contributed by atoms with Crippen LogP contribution in [0.25, 0.3) is 0 Å². The normalized spacial score (nSPS) is 23.6. The molecule has 1 fully saturated rings. The Kier molecular flexibility index (Phi) is 4.49. The van der Waals surface area contributed by atoms with Crippen molar-refractivity contribution in [1.29, 1.82) is 0 Å². The highest BCUT2D eigenvalue weighted by Gasteiger charge is 2.23. The summed E-state index contributed by atoms with van der Waals surface area (Å²) < 4.78 is 5.93. The van der Waals surface area contributed by atoms with Gasteiger partial charge in [-0.05, 0) is 56.6 Å². The molecule has 0 aliphatic carbocycles. The fraction of sp³-hybridized carbons (Fsp3) is 0.625. The van der Waals surface area contributed by atoms with E-state index in [0.717, 1.165) is 30.3 Å². The number of fused-ring (bicyclic) bond motifs is 1. The number of ether oxygens (including phenoxy) is 1. The lowest BCUT2D eigenvalue weighted by Crippen LogP contribution is -2.41. The van der Waals surface area contributed by atoms with Crippen molar-refractivity contribution in [3.63, 3.8) is 0 Å². The van der Waals surface area contributed by atoms with Gasteiger partial charge in [0.05, 0.1) is 0 Å². The topological polar surface area (TPSA) is 24.5 Å². The molecule has 0 amide bonds. The Labute approximate surface area is 126 Å². The highest BCUT2D eigenvalue weighted by atomic mass is 35.5. The maximum Gasteiger partial charge on any atom is 0.123 e. The zero-order valence-corrected chi connectivity index (χ0v) is 12.8. The minimum absolute atomic E-state index is 0.245. The molecule has 0 saturated carbocycles. The molecule has 1 aromatic rings. The summed E-state index contributed by atoms with van der Waals surface area (Å²) in [5.41, 5.74) is 1.23. The van der Waals surface area contributed by atoms with Crippen molar-refractivity contribution < 1.29 is 4.74 Å². The molecular formula is C16H23ClN2O. The Morgan fingerprint density at radius 3 is 3.00 bits per heavy atom. The van der Waals surface area contributed by atoms with Crippen LogP contribution >= 0.6 is 11.6 Å². The summed E-state index contributed by atoms with van der Waals surface area (Å²) in [6.07, 6.45) is 3.91. The van der Waals surface area contributed by atoms with Gasteiger partial charge < -0.3 is 10.1 Å². The van der Waals surface area contributed by atoms with Gasteiger partial charge in [0.25, 0.3) is 0 Å². The van der Waals surface area contributed by atoms with Crippen molar-refractivity contribution in [1.82, 2.24) is 10.2 Å². The van der Waals surface area contributed by atoms with E-state index in [4.69, 9.17) is 16.3 Å².